The first-order chi connectivity index (χ1) is 21.3. The number of aromatic nitrogens is 2. The Labute approximate surface area is 257 Å². The molecule has 1 aromatic carbocycles. The molecule has 0 bridgehead atoms. The number of carboxylic acid groups (broad SMARTS) is 1. The predicted molar refractivity (Wildman–Crippen MR) is 167 cm³/mol. The lowest BCUT2D eigenvalue weighted by Gasteiger charge is -2.37. The van der Waals surface area contributed by atoms with Crippen LogP contribution in [-0.4, -0.2) is 58.0 Å². The molecule has 0 amide bonds. The third-order valence-electron chi connectivity index (χ3n) is 9.24. The molecule has 3 aliphatic rings. The normalized spacial score (nSPS) is 18.8. The maximum Gasteiger partial charge on any atom is 0.341 e. The van der Waals surface area contributed by atoms with Gasteiger partial charge in [0.25, 0.3) is 0 Å². The van der Waals surface area contributed by atoms with Crippen LogP contribution < -0.4 is 15.1 Å². The van der Waals surface area contributed by atoms with Crippen LogP contribution in [-0.2, 0) is 17.9 Å². The van der Waals surface area contributed by atoms with Gasteiger partial charge in [0.2, 0.25) is 5.43 Å². The van der Waals surface area contributed by atoms with Crippen molar-refractivity contribution in [2.24, 2.45) is 0 Å². The van der Waals surface area contributed by atoms with Crippen LogP contribution in [0, 0.1) is 12.7 Å². The zero-order chi connectivity index (χ0) is 30.8. The number of hydrogen-bond donors (Lipinski definition) is 1. The number of piperazine rings is 1. The summed E-state index contributed by atoms with van der Waals surface area (Å²) in [7, 11) is 0. The third kappa shape index (κ3) is 6.47. The van der Waals surface area contributed by atoms with E-state index in [0.29, 0.717) is 37.4 Å². The smallest absolute Gasteiger partial charge is 0.341 e. The third-order valence-corrected chi connectivity index (χ3v) is 9.24. The van der Waals surface area contributed by atoms with E-state index in [0.717, 1.165) is 61.3 Å². The summed E-state index contributed by atoms with van der Waals surface area (Å²) < 4.78 is 29.7. The molecule has 2 aliphatic heterocycles. The number of fused-ring (bicyclic) bond motifs is 2. The van der Waals surface area contributed by atoms with Gasteiger partial charge in [0.15, 0.2) is 6.29 Å². The van der Waals surface area contributed by atoms with Crippen LogP contribution in [0.4, 0.5) is 10.1 Å². The Morgan fingerprint density at radius 3 is 2.57 bits per heavy atom. The van der Waals surface area contributed by atoms with Crippen LogP contribution in [0.25, 0.3) is 10.9 Å². The second-order valence-corrected chi connectivity index (χ2v) is 12.5. The number of aryl methyl sites for hydroxylation is 1. The summed E-state index contributed by atoms with van der Waals surface area (Å²) in [6.07, 6.45) is 13.2. The quantitative estimate of drug-likeness (QED) is 0.244. The van der Waals surface area contributed by atoms with Gasteiger partial charge in [-0.2, -0.15) is 0 Å². The number of nitrogens with zero attached hydrogens (tertiary/aromatic N) is 4. The number of carbonyl (C=O) groups is 1. The Morgan fingerprint density at radius 2 is 1.84 bits per heavy atom. The molecule has 236 valence electrons. The molecule has 10 heteroatoms. The molecule has 1 N–H and O–H groups in total. The van der Waals surface area contributed by atoms with Crippen molar-refractivity contribution in [2.75, 3.05) is 31.1 Å². The number of aromatic carboxylic acids is 1. The molecule has 4 heterocycles. The van der Waals surface area contributed by atoms with Crippen molar-refractivity contribution in [1.82, 2.24) is 14.5 Å². The van der Waals surface area contributed by atoms with Crippen LogP contribution in [0.5, 0.6) is 5.75 Å². The van der Waals surface area contributed by atoms with Crippen molar-refractivity contribution >= 4 is 22.6 Å². The van der Waals surface area contributed by atoms with E-state index in [1.54, 1.807) is 6.07 Å². The highest BCUT2D eigenvalue weighted by Gasteiger charge is 2.30. The predicted octanol–water partition coefficient (Wildman–Crippen LogP) is 6.19. The first kappa shape index (κ1) is 30.5. The van der Waals surface area contributed by atoms with Crippen LogP contribution in [0.1, 0.15) is 97.9 Å². The molecule has 1 saturated heterocycles. The summed E-state index contributed by atoms with van der Waals surface area (Å²) in [4.78, 5) is 33.5. The molecule has 0 spiro atoms. The van der Waals surface area contributed by atoms with E-state index in [1.807, 2.05) is 22.6 Å². The second-order valence-electron chi connectivity index (χ2n) is 12.5. The molecule has 1 aliphatic carbocycles. The molecule has 2 fully saturated rings. The fourth-order valence-electron chi connectivity index (χ4n) is 6.50. The molecule has 6 rings (SSSR count). The van der Waals surface area contributed by atoms with Crippen LogP contribution >= 0.6 is 0 Å². The number of benzene rings is 1. The SMILES string of the molecule is CCCCCCCCC1OCc2c(CN3CCN(c4cc5c(cc4F)c(=O)c(C(=O)O)cn5C4CC4)CC3)cnc(C)c2O1. The van der Waals surface area contributed by atoms with E-state index in [4.69, 9.17) is 9.47 Å². The van der Waals surface area contributed by atoms with Gasteiger partial charge in [-0.05, 0) is 43.9 Å². The van der Waals surface area contributed by atoms with Crippen molar-refractivity contribution in [1.29, 1.82) is 0 Å². The van der Waals surface area contributed by atoms with Crippen molar-refractivity contribution in [3.8, 4) is 5.75 Å². The van der Waals surface area contributed by atoms with Gasteiger partial charge < -0.3 is 24.0 Å². The number of pyridine rings is 2. The van der Waals surface area contributed by atoms with E-state index in [9.17, 15) is 14.7 Å². The molecular formula is C34H43FN4O5. The Kier molecular flexibility index (Phi) is 9.18. The average Bonchev–Trinajstić information content (AvgIpc) is 3.86. The lowest BCUT2D eigenvalue weighted by Crippen LogP contribution is -2.46. The number of hydrogen-bond acceptors (Lipinski definition) is 7. The van der Waals surface area contributed by atoms with E-state index < -0.39 is 17.2 Å². The number of carboxylic acids is 1. The Hall–Kier alpha value is -3.50. The second kappa shape index (κ2) is 13.2. The number of halogens is 1. The highest BCUT2D eigenvalue weighted by molar-refractivity contribution is 5.93. The van der Waals surface area contributed by atoms with Gasteiger partial charge in [-0.25, -0.2) is 9.18 Å². The average molecular weight is 607 g/mol. The molecule has 1 saturated carbocycles. The number of ether oxygens (including phenoxy) is 2. The van der Waals surface area contributed by atoms with E-state index in [1.165, 1.54) is 44.4 Å². The Bertz CT molecular complexity index is 1580. The standard InChI is InChI=1S/C34H43FN4O5/c1-3-4-5-6-7-8-9-31-43-21-27-23(18-36-22(2)33(27)44-31)19-37-12-14-38(15-13-37)30-17-29-25(16-28(30)35)32(40)26(34(41)42)20-39(29)24-10-11-24/h16-18,20,24,31H,3-15,19,21H2,1-2H3,(H,41,42). The molecule has 2 aromatic heterocycles. The number of anilines is 1. The molecule has 1 atom stereocenters. The molecule has 44 heavy (non-hydrogen) atoms. The van der Waals surface area contributed by atoms with Crippen LogP contribution in [0.3, 0.4) is 0 Å². The molecular weight excluding hydrogens is 563 g/mol. The zero-order valence-corrected chi connectivity index (χ0v) is 25.8. The minimum Gasteiger partial charge on any atom is -0.477 e. The maximum atomic E-state index is 15.4. The van der Waals surface area contributed by atoms with Crippen molar-refractivity contribution in [3.63, 3.8) is 0 Å². The van der Waals surface area contributed by atoms with Gasteiger partial charge in [-0.3, -0.25) is 14.7 Å². The topological polar surface area (TPSA) is 97.1 Å². The van der Waals surface area contributed by atoms with Gasteiger partial charge in [-0.15, -0.1) is 0 Å². The first-order valence-corrected chi connectivity index (χ1v) is 16.2. The monoisotopic (exact) mass is 606 g/mol. The lowest BCUT2D eigenvalue weighted by atomic mass is 10.1. The van der Waals surface area contributed by atoms with E-state index >= 15 is 4.39 Å². The van der Waals surface area contributed by atoms with Crippen LogP contribution in [0.15, 0.2) is 29.3 Å². The minimum atomic E-state index is -1.29. The van der Waals surface area contributed by atoms with Crippen LogP contribution in [0.2, 0.25) is 0 Å². The van der Waals surface area contributed by atoms with Gasteiger partial charge in [0, 0.05) is 68.5 Å². The van der Waals surface area contributed by atoms with E-state index in [-0.39, 0.29) is 23.3 Å². The summed E-state index contributed by atoms with van der Waals surface area (Å²) in [5, 5.41) is 9.64. The summed E-state index contributed by atoms with van der Waals surface area (Å²) in [5.74, 6) is -0.938. The van der Waals surface area contributed by atoms with E-state index in [2.05, 4.69) is 16.8 Å². The summed E-state index contributed by atoms with van der Waals surface area (Å²) in [6, 6.07) is 3.08. The Morgan fingerprint density at radius 1 is 1.09 bits per heavy atom. The minimum absolute atomic E-state index is 0.118. The van der Waals surface area contributed by atoms with Gasteiger partial charge in [0.1, 0.15) is 17.1 Å². The van der Waals surface area contributed by atoms with Gasteiger partial charge in [-0.1, -0.05) is 39.0 Å². The largest absolute Gasteiger partial charge is 0.477 e. The highest BCUT2D eigenvalue weighted by Crippen LogP contribution is 2.38. The summed E-state index contributed by atoms with van der Waals surface area (Å²) >= 11 is 0. The zero-order valence-electron chi connectivity index (χ0n) is 25.8. The first-order valence-electron chi connectivity index (χ1n) is 16.2. The summed E-state index contributed by atoms with van der Waals surface area (Å²) in [5.41, 5.74) is 3.13. The fourth-order valence-corrected chi connectivity index (χ4v) is 6.50. The van der Waals surface area contributed by atoms with Crippen molar-refractivity contribution in [3.05, 3.63) is 63.0 Å². The molecule has 9 nitrogen and oxygen atoms in total. The maximum absolute atomic E-state index is 15.4. The summed E-state index contributed by atoms with van der Waals surface area (Å²) in [6.45, 7) is 8.15. The number of rotatable bonds is 12. The lowest BCUT2D eigenvalue weighted by molar-refractivity contribution is -0.113. The van der Waals surface area contributed by atoms with Gasteiger partial charge >= 0.3 is 5.97 Å². The van der Waals surface area contributed by atoms with Crippen molar-refractivity contribution < 1.29 is 23.8 Å². The molecule has 3 aromatic rings. The highest BCUT2D eigenvalue weighted by atomic mass is 19.1. The van der Waals surface area contributed by atoms with Gasteiger partial charge in [0.05, 0.1) is 23.5 Å². The van der Waals surface area contributed by atoms with Crippen molar-refractivity contribution in [2.45, 2.75) is 97.1 Å². The molecule has 1 unspecified atom stereocenters. The molecule has 0 radical (unpaired) electrons. The number of unbranched alkanes of at least 4 members (excludes halogenated alkanes) is 5. The fraction of sp³-hybridized carbons (Fsp3) is 0.559. The Balaban J connectivity index is 1.11.